The highest BCUT2D eigenvalue weighted by atomic mass is 35.5. The molecule has 2 rings (SSSR count). The molecule has 0 radical (unpaired) electrons. The van der Waals surface area contributed by atoms with Crippen molar-refractivity contribution < 1.29 is 0 Å². The van der Waals surface area contributed by atoms with Crippen molar-refractivity contribution in [1.82, 2.24) is 4.98 Å². The van der Waals surface area contributed by atoms with Crippen LogP contribution >= 0.6 is 23.2 Å². The van der Waals surface area contributed by atoms with E-state index in [4.69, 9.17) is 23.2 Å². The molecular weight excluding hydrogens is 281 g/mol. The Morgan fingerprint density at radius 2 is 2.05 bits per heavy atom. The van der Waals surface area contributed by atoms with Gasteiger partial charge in [0.05, 0.1) is 10.0 Å². The summed E-state index contributed by atoms with van der Waals surface area (Å²) in [7, 11) is 0. The van der Waals surface area contributed by atoms with Gasteiger partial charge in [-0.1, -0.05) is 36.5 Å². The molecule has 1 aliphatic rings. The van der Waals surface area contributed by atoms with Gasteiger partial charge in [0.1, 0.15) is 11.6 Å². The number of hydrogen-bond donors (Lipinski definition) is 1. The lowest BCUT2D eigenvalue weighted by molar-refractivity contribution is 0.705. The van der Waals surface area contributed by atoms with Crippen molar-refractivity contribution >= 4 is 34.8 Å². The second-order valence-corrected chi connectivity index (χ2v) is 5.75. The first kappa shape index (κ1) is 14.7. The van der Waals surface area contributed by atoms with E-state index in [0.29, 0.717) is 16.1 Å². The van der Waals surface area contributed by atoms with Gasteiger partial charge in [0, 0.05) is 19.1 Å². The summed E-state index contributed by atoms with van der Waals surface area (Å²) in [6.07, 6.45) is 4.81. The Morgan fingerprint density at radius 3 is 2.63 bits per heavy atom. The Kier molecular flexibility index (Phi) is 5.17. The van der Waals surface area contributed by atoms with Crippen LogP contribution in [-0.4, -0.2) is 24.1 Å². The second-order valence-electron chi connectivity index (χ2n) is 4.93. The molecule has 0 saturated heterocycles. The summed E-state index contributed by atoms with van der Waals surface area (Å²) in [5, 5.41) is 4.42. The van der Waals surface area contributed by atoms with Gasteiger partial charge in [-0.05, 0) is 32.3 Å². The maximum absolute atomic E-state index is 6.33. The molecule has 1 aromatic heterocycles. The Bertz CT molecular complexity index is 433. The fourth-order valence-corrected chi connectivity index (χ4v) is 2.66. The van der Waals surface area contributed by atoms with Gasteiger partial charge in [-0.25, -0.2) is 4.98 Å². The monoisotopic (exact) mass is 301 g/mol. The molecule has 1 N–H and O–H groups in total. The normalized spacial score (nSPS) is 14.5. The van der Waals surface area contributed by atoms with Crippen LogP contribution in [0.1, 0.15) is 39.5 Å². The van der Waals surface area contributed by atoms with Crippen LogP contribution in [0.4, 0.5) is 11.6 Å². The molecule has 1 saturated carbocycles. The largest absolute Gasteiger partial charge is 0.369 e. The summed E-state index contributed by atoms with van der Waals surface area (Å²) in [6.45, 7) is 6.04. The van der Waals surface area contributed by atoms with E-state index in [1.54, 1.807) is 6.07 Å². The van der Waals surface area contributed by atoms with Crippen molar-refractivity contribution in [1.29, 1.82) is 0 Å². The highest BCUT2D eigenvalue weighted by molar-refractivity contribution is 6.37. The highest BCUT2D eigenvalue weighted by Crippen LogP contribution is 2.37. The van der Waals surface area contributed by atoms with Gasteiger partial charge in [-0.15, -0.1) is 0 Å². The standard InChI is InChI=1S/C14H21Cl2N3/c1-3-5-8-19(10-6-7-10)14-12(16)9-11(15)13(18-14)17-4-2/h9-10H,3-8H2,1-2H3,(H,17,18). The first-order valence-corrected chi connectivity index (χ1v) is 7.79. The van der Waals surface area contributed by atoms with Crippen LogP contribution in [0.2, 0.25) is 10.0 Å². The molecule has 106 valence electrons. The summed E-state index contributed by atoms with van der Waals surface area (Å²) >= 11 is 12.5. The lowest BCUT2D eigenvalue weighted by atomic mass is 10.3. The Hall–Kier alpha value is -0.670. The molecule has 0 aromatic carbocycles. The fourth-order valence-electron chi connectivity index (χ4n) is 2.13. The number of nitrogens with one attached hydrogen (secondary N) is 1. The van der Waals surface area contributed by atoms with Crippen molar-refractivity contribution in [2.75, 3.05) is 23.3 Å². The van der Waals surface area contributed by atoms with Crippen LogP contribution in [0, 0.1) is 0 Å². The maximum Gasteiger partial charge on any atom is 0.150 e. The zero-order chi connectivity index (χ0) is 13.8. The third-order valence-corrected chi connectivity index (χ3v) is 3.83. The number of halogens is 2. The van der Waals surface area contributed by atoms with Crippen LogP contribution in [0.15, 0.2) is 6.07 Å². The van der Waals surface area contributed by atoms with Gasteiger partial charge < -0.3 is 10.2 Å². The molecule has 0 spiro atoms. The van der Waals surface area contributed by atoms with Gasteiger partial charge in [0.2, 0.25) is 0 Å². The molecule has 0 amide bonds. The van der Waals surface area contributed by atoms with E-state index in [1.807, 2.05) is 6.92 Å². The molecule has 0 bridgehead atoms. The van der Waals surface area contributed by atoms with Crippen LogP contribution < -0.4 is 10.2 Å². The average molecular weight is 302 g/mol. The van der Waals surface area contributed by atoms with Gasteiger partial charge >= 0.3 is 0 Å². The van der Waals surface area contributed by atoms with E-state index in [-0.39, 0.29) is 0 Å². The fraction of sp³-hybridized carbons (Fsp3) is 0.643. The van der Waals surface area contributed by atoms with Crippen molar-refractivity contribution in [3.63, 3.8) is 0 Å². The Labute approximate surface area is 125 Å². The zero-order valence-corrected chi connectivity index (χ0v) is 13.1. The van der Waals surface area contributed by atoms with E-state index < -0.39 is 0 Å². The molecule has 1 aliphatic carbocycles. The highest BCUT2D eigenvalue weighted by Gasteiger charge is 2.31. The van der Waals surface area contributed by atoms with Gasteiger partial charge in [0.15, 0.2) is 0 Å². The minimum atomic E-state index is 0.585. The van der Waals surface area contributed by atoms with E-state index in [2.05, 4.69) is 22.1 Å². The van der Waals surface area contributed by atoms with Gasteiger partial charge in [-0.3, -0.25) is 0 Å². The minimum absolute atomic E-state index is 0.585. The molecule has 1 aromatic rings. The lowest BCUT2D eigenvalue weighted by Crippen LogP contribution is -2.28. The average Bonchev–Trinajstić information content (AvgIpc) is 3.19. The second kappa shape index (κ2) is 6.67. The Morgan fingerprint density at radius 1 is 1.32 bits per heavy atom. The summed E-state index contributed by atoms with van der Waals surface area (Å²) < 4.78 is 0. The van der Waals surface area contributed by atoms with Crippen molar-refractivity contribution in [2.45, 2.75) is 45.6 Å². The zero-order valence-electron chi connectivity index (χ0n) is 11.5. The number of anilines is 2. The van der Waals surface area contributed by atoms with Crippen LogP contribution in [-0.2, 0) is 0 Å². The molecule has 1 fully saturated rings. The minimum Gasteiger partial charge on any atom is -0.369 e. The molecular formula is C14H21Cl2N3. The number of unbranched alkanes of at least 4 members (excludes halogenated alkanes) is 1. The number of rotatable bonds is 7. The van der Waals surface area contributed by atoms with Crippen LogP contribution in [0.25, 0.3) is 0 Å². The van der Waals surface area contributed by atoms with Crippen LogP contribution in [0.3, 0.4) is 0 Å². The molecule has 0 atom stereocenters. The topological polar surface area (TPSA) is 28.2 Å². The predicted molar refractivity (Wildman–Crippen MR) is 83.7 cm³/mol. The summed E-state index contributed by atoms with van der Waals surface area (Å²) in [5.74, 6) is 1.60. The quantitative estimate of drug-likeness (QED) is 0.798. The Balaban J connectivity index is 2.26. The first-order chi connectivity index (χ1) is 9.17. The third kappa shape index (κ3) is 3.67. The first-order valence-electron chi connectivity index (χ1n) is 7.03. The molecule has 0 unspecified atom stereocenters. The van der Waals surface area contributed by atoms with Gasteiger partial charge in [-0.2, -0.15) is 0 Å². The SMILES string of the molecule is CCCCN(c1nc(NCC)c(Cl)cc1Cl)C1CC1. The lowest BCUT2D eigenvalue weighted by Gasteiger charge is -2.25. The molecule has 0 aliphatic heterocycles. The number of hydrogen-bond acceptors (Lipinski definition) is 3. The van der Waals surface area contributed by atoms with Crippen molar-refractivity contribution in [2.24, 2.45) is 0 Å². The van der Waals surface area contributed by atoms with E-state index in [0.717, 1.165) is 31.1 Å². The molecule has 19 heavy (non-hydrogen) atoms. The smallest absolute Gasteiger partial charge is 0.150 e. The van der Waals surface area contributed by atoms with Crippen molar-refractivity contribution in [3.8, 4) is 0 Å². The molecule has 1 heterocycles. The number of pyridine rings is 1. The molecule has 5 heteroatoms. The van der Waals surface area contributed by atoms with E-state index in [1.165, 1.54) is 19.3 Å². The van der Waals surface area contributed by atoms with Crippen LogP contribution in [0.5, 0.6) is 0 Å². The maximum atomic E-state index is 6.33. The summed E-state index contributed by atoms with van der Waals surface area (Å²) in [4.78, 5) is 6.96. The van der Waals surface area contributed by atoms with E-state index in [9.17, 15) is 0 Å². The molecule has 3 nitrogen and oxygen atoms in total. The van der Waals surface area contributed by atoms with Crippen molar-refractivity contribution in [3.05, 3.63) is 16.1 Å². The number of nitrogens with zero attached hydrogens (tertiary/aromatic N) is 2. The predicted octanol–water partition coefficient (Wildman–Crippen LogP) is 4.59. The number of aromatic nitrogens is 1. The van der Waals surface area contributed by atoms with Gasteiger partial charge in [0.25, 0.3) is 0 Å². The summed E-state index contributed by atoms with van der Waals surface area (Å²) in [6, 6.07) is 2.40. The third-order valence-electron chi connectivity index (χ3n) is 3.27. The summed E-state index contributed by atoms with van der Waals surface area (Å²) in [5.41, 5.74) is 0. The van der Waals surface area contributed by atoms with E-state index >= 15 is 0 Å².